The lowest BCUT2D eigenvalue weighted by Crippen LogP contribution is -2.52. The van der Waals surface area contributed by atoms with Gasteiger partial charge >= 0.3 is 5.97 Å². The average Bonchev–Trinajstić information content (AvgIpc) is 3.16. The van der Waals surface area contributed by atoms with Gasteiger partial charge in [-0.1, -0.05) is 170 Å². The van der Waals surface area contributed by atoms with Crippen LogP contribution in [0.25, 0.3) is 0 Å². The molecule has 0 spiro atoms. The first-order valence-electron chi connectivity index (χ1n) is 21.2. The van der Waals surface area contributed by atoms with Crippen molar-refractivity contribution in [1.82, 2.24) is 0 Å². The van der Waals surface area contributed by atoms with Crippen molar-refractivity contribution in [2.45, 2.75) is 168 Å². The highest BCUT2D eigenvalue weighted by molar-refractivity contribution is 7.45. The van der Waals surface area contributed by atoms with E-state index in [1.54, 1.807) is 6.26 Å². The summed E-state index contributed by atoms with van der Waals surface area (Å²) in [4.78, 5) is 24.5. The molecule has 1 unspecified atom stereocenters. The fraction of sp³-hybridized carbons (Fsp3) is 0.667. The van der Waals surface area contributed by atoms with Crippen LogP contribution in [0.3, 0.4) is 0 Å². The van der Waals surface area contributed by atoms with Crippen LogP contribution in [0.4, 0.5) is 0 Å². The van der Waals surface area contributed by atoms with E-state index in [-0.39, 0.29) is 32.8 Å². The van der Waals surface area contributed by atoms with E-state index in [2.05, 4.69) is 80.3 Å². The lowest BCUT2D eigenvalue weighted by atomic mass is 10.0. The Labute approximate surface area is 330 Å². The van der Waals surface area contributed by atoms with E-state index in [9.17, 15) is 14.3 Å². The maximum Gasteiger partial charge on any atom is 0.306 e. The number of phosphoric acid groups is 1. The van der Waals surface area contributed by atoms with Gasteiger partial charge in [-0.25, -0.2) is 0 Å². The number of esters is 1. The van der Waals surface area contributed by atoms with Gasteiger partial charge in [0.2, 0.25) is 0 Å². The maximum absolute atomic E-state index is 12.5. The number of unbranched alkanes of at least 4 members (excludes halogenated alkanes) is 14. The number of quaternary nitrogens is 1. The van der Waals surface area contributed by atoms with Crippen molar-refractivity contribution in [3.05, 3.63) is 85.3 Å². The zero-order chi connectivity index (χ0) is 39.5. The van der Waals surface area contributed by atoms with Crippen molar-refractivity contribution in [2.24, 2.45) is 0 Å². The molecule has 0 aromatic heterocycles. The molecule has 0 fully saturated rings. The second-order valence-electron chi connectivity index (χ2n) is 13.6. The van der Waals surface area contributed by atoms with E-state index in [1.165, 1.54) is 83.5 Å². The number of hydrogen-bond acceptors (Lipinski definition) is 7. The van der Waals surface area contributed by atoms with Crippen LogP contribution < -0.4 is 10.6 Å². The Bertz CT molecular complexity index is 1100. The van der Waals surface area contributed by atoms with Crippen LogP contribution in [0.5, 0.6) is 0 Å². The maximum atomic E-state index is 12.5. The number of ether oxygens (including phenoxy) is 2. The van der Waals surface area contributed by atoms with Crippen LogP contribution in [-0.4, -0.2) is 38.4 Å². The third-order valence-corrected chi connectivity index (χ3v) is 9.39. The third-order valence-electron chi connectivity index (χ3n) is 8.42. The Kier molecular flexibility index (Phi) is 39.8. The molecule has 0 aromatic rings. The van der Waals surface area contributed by atoms with Gasteiger partial charge in [-0.05, 0) is 63.9 Å². The van der Waals surface area contributed by atoms with Gasteiger partial charge < -0.3 is 29.1 Å². The van der Waals surface area contributed by atoms with Crippen LogP contribution in [0.15, 0.2) is 85.3 Å². The van der Waals surface area contributed by atoms with Crippen molar-refractivity contribution in [3.63, 3.8) is 0 Å². The number of carbonyl (C=O) groups excluding carboxylic acids is 1. The number of hydrogen-bond donors (Lipinski definition) is 1. The molecule has 0 bridgehead atoms. The second-order valence-corrected chi connectivity index (χ2v) is 15.0. The molecule has 0 amide bonds. The predicted octanol–water partition coefficient (Wildman–Crippen LogP) is 11.5. The summed E-state index contributed by atoms with van der Waals surface area (Å²) in [6.07, 6.45) is 54.1. The molecule has 9 heteroatoms. The molecule has 0 radical (unpaired) electrons. The molecule has 0 aliphatic rings. The fourth-order valence-corrected chi connectivity index (χ4v) is 6.12. The molecule has 0 heterocycles. The van der Waals surface area contributed by atoms with Crippen LogP contribution in [0, 0.1) is 0 Å². The predicted molar refractivity (Wildman–Crippen MR) is 225 cm³/mol. The van der Waals surface area contributed by atoms with Crippen molar-refractivity contribution in [2.75, 3.05) is 26.4 Å². The van der Waals surface area contributed by atoms with Gasteiger partial charge in [-0.2, -0.15) is 0 Å². The molecule has 3 N–H and O–H groups in total. The Morgan fingerprint density at radius 2 is 1.06 bits per heavy atom. The van der Waals surface area contributed by atoms with E-state index < -0.39 is 19.9 Å². The monoisotopic (exact) mass is 776 g/mol. The van der Waals surface area contributed by atoms with Crippen LogP contribution >= 0.6 is 7.82 Å². The van der Waals surface area contributed by atoms with Crippen LogP contribution in [0.1, 0.15) is 162 Å². The van der Waals surface area contributed by atoms with Crippen molar-refractivity contribution >= 4 is 13.8 Å². The standard InChI is InChI=1S/C45H78NO7P/c1-3-5-7-9-11-13-15-17-19-21-22-23-24-26-28-30-32-34-36-38-45(47)53-44(43-52-54(48,49)51-41-39-46)42-50-40-37-35-33-31-29-27-25-20-18-16-14-12-10-8-6-4-2/h5,7,11,13,17,19,22-23,26,28,32,34,37,40,44H,3-4,6,8-10,12,14-16,18,20-21,24-25,27,29-31,33,35-36,38-39,41-43,46H2,1-2H3,(H,48,49)/b7-5+,13-11+,19-17+,23-22+,28-26+,34-32+,40-37+/t44-/m1/s1. The average molecular weight is 776 g/mol. The molecule has 2 atom stereocenters. The topological polar surface area (TPSA) is 122 Å². The van der Waals surface area contributed by atoms with Gasteiger partial charge in [0.1, 0.15) is 13.2 Å². The van der Waals surface area contributed by atoms with Gasteiger partial charge in [0.25, 0.3) is 7.82 Å². The first kappa shape index (κ1) is 51.5. The summed E-state index contributed by atoms with van der Waals surface area (Å²) in [5.74, 6) is -0.447. The highest BCUT2D eigenvalue weighted by atomic mass is 31.2. The summed E-state index contributed by atoms with van der Waals surface area (Å²) < 4.78 is 32.8. The summed E-state index contributed by atoms with van der Waals surface area (Å²) in [6.45, 7) is 4.23. The van der Waals surface area contributed by atoms with Crippen molar-refractivity contribution in [1.29, 1.82) is 0 Å². The molecule has 0 rings (SSSR count). The molecule has 0 aliphatic heterocycles. The highest BCUT2D eigenvalue weighted by Crippen LogP contribution is 2.38. The van der Waals surface area contributed by atoms with Gasteiger partial charge in [0.15, 0.2) is 6.10 Å². The zero-order valence-corrected chi connectivity index (χ0v) is 35.2. The lowest BCUT2D eigenvalue weighted by Gasteiger charge is -2.25. The molecular formula is C45H78NO7P. The molecule has 8 nitrogen and oxygen atoms in total. The normalized spacial score (nSPS) is 14.3. The Morgan fingerprint density at radius 3 is 1.54 bits per heavy atom. The Balaban J connectivity index is 4.25. The SMILES string of the molecule is CC/C=C/C/C=C/C/C=C/C/C=C/C/C=C/C/C=C/CCC(=O)O[C@H](CO/C=C/CCCCCCCCCCCCCCCC)COP(=O)([O-])OCC[NH3+]. The van der Waals surface area contributed by atoms with Crippen molar-refractivity contribution < 1.29 is 38.5 Å². The first-order valence-corrected chi connectivity index (χ1v) is 22.7. The van der Waals surface area contributed by atoms with E-state index >= 15 is 0 Å². The summed E-state index contributed by atoms with van der Waals surface area (Å²) >= 11 is 0. The Morgan fingerprint density at radius 1 is 0.593 bits per heavy atom. The first-order chi connectivity index (χ1) is 26.4. The number of phosphoric ester groups is 1. The minimum atomic E-state index is -4.53. The molecular weight excluding hydrogens is 697 g/mol. The summed E-state index contributed by atoms with van der Waals surface area (Å²) in [6, 6.07) is 0. The molecule has 0 saturated carbocycles. The number of allylic oxidation sites excluding steroid dienone is 13. The number of carbonyl (C=O) groups is 1. The molecule has 0 aliphatic carbocycles. The van der Waals surface area contributed by atoms with Gasteiger partial charge in [-0.3, -0.25) is 9.36 Å². The van der Waals surface area contributed by atoms with E-state index in [4.69, 9.17) is 18.5 Å². The largest absolute Gasteiger partial charge is 0.756 e. The number of rotatable bonds is 39. The second kappa shape index (κ2) is 41.7. The van der Waals surface area contributed by atoms with Gasteiger partial charge in [0.05, 0.1) is 19.4 Å². The molecule has 0 saturated heterocycles. The Hall–Kier alpha value is -2.48. The third kappa shape index (κ3) is 40.7. The minimum absolute atomic E-state index is 0.0176. The van der Waals surface area contributed by atoms with E-state index in [0.717, 1.165) is 51.4 Å². The molecule has 0 aromatic carbocycles. The van der Waals surface area contributed by atoms with E-state index in [1.807, 2.05) is 18.2 Å². The molecule has 310 valence electrons. The van der Waals surface area contributed by atoms with Gasteiger partial charge in [0, 0.05) is 6.42 Å². The smallest absolute Gasteiger partial charge is 0.306 e. The quantitative estimate of drug-likeness (QED) is 0.0217. The van der Waals surface area contributed by atoms with E-state index in [0.29, 0.717) is 6.42 Å². The zero-order valence-electron chi connectivity index (χ0n) is 34.3. The van der Waals surface area contributed by atoms with Gasteiger partial charge in [-0.15, -0.1) is 0 Å². The summed E-state index contributed by atoms with van der Waals surface area (Å²) in [7, 11) is -4.53. The fourth-order valence-electron chi connectivity index (χ4n) is 5.35. The van der Waals surface area contributed by atoms with Crippen LogP contribution in [-0.2, 0) is 27.9 Å². The van der Waals surface area contributed by atoms with Crippen LogP contribution in [0.2, 0.25) is 0 Å². The van der Waals surface area contributed by atoms with Crippen molar-refractivity contribution in [3.8, 4) is 0 Å². The minimum Gasteiger partial charge on any atom is -0.756 e. The molecule has 54 heavy (non-hydrogen) atoms. The highest BCUT2D eigenvalue weighted by Gasteiger charge is 2.19. The lowest BCUT2D eigenvalue weighted by molar-refractivity contribution is -0.373. The summed E-state index contributed by atoms with van der Waals surface area (Å²) in [5, 5.41) is 0. The summed E-state index contributed by atoms with van der Waals surface area (Å²) in [5.41, 5.74) is 3.57.